The third-order valence-electron chi connectivity index (χ3n) is 4.05. The summed E-state index contributed by atoms with van der Waals surface area (Å²) in [6.45, 7) is 3.40. The van der Waals surface area contributed by atoms with E-state index >= 15 is 0 Å². The van der Waals surface area contributed by atoms with Gasteiger partial charge in [-0.05, 0) is 18.1 Å². The lowest BCUT2D eigenvalue weighted by Gasteiger charge is -2.39. The number of aliphatic hydroxyl groups excluding tert-OH is 1. The molecular weight excluding hydrogens is 242 g/mol. The van der Waals surface area contributed by atoms with E-state index in [2.05, 4.69) is 18.0 Å². The van der Waals surface area contributed by atoms with Crippen LogP contribution in [0.5, 0.6) is 0 Å². The summed E-state index contributed by atoms with van der Waals surface area (Å²) in [6, 6.07) is 4.06. The third-order valence-corrected chi connectivity index (χ3v) is 4.05. The van der Waals surface area contributed by atoms with E-state index < -0.39 is 11.7 Å². The fraction of sp³-hybridized carbons (Fsp3) is 0.667. The third kappa shape index (κ3) is 3.32. The molecule has 0 aromatic carbocycles. The zero-order valence-corrected chi connectivity index (χ0v) is 11.8. The summed E-state index contributed by atoms with van der Waals surface area (Å²) in [5.74, 6) is 0. The lowest BCUT2D eigenvalue weighted by atomic mass is 9.85. The number of rotatable bonds is 5. The average molecular weight is 265 g/mol. The van der Waals surface area contributed by atoms with Crippen LogP contribution in [0.25, 0.3) is 0 Å². The van der Waals surface area contributed by atoms with E-state index in [1.54, 1.807) is 7.11 Å². The molecule has 1 atom stereocenters. The molecule has 1 aliphatic rings. The van der Waals surface area contributed by atoms with E-state index in [9.17, 15) is 5.11 Å². The van der Waals surface area contributed by atoms with Crippen LogP contribution in [0.2, 0.25) is 0 Å². The van der Waals surface area contributed by atoms with Gasteiger partial charge in [0.25, 0.3) is 0 Å². The Morgan fingerprint density at radius 3 is 2.68 bits per heavy atom. The van der Waals surface area contributed by atoms with Crippen molar-refractivity contribution in [3.05, 3.63) is 29.6 Å². The molecule has 2 heterocycles. The Hall–Kier alpha value is -0.970. The molecule has 1 aromatic rings. The van der Waals surface area contributed by atoms with Crippen LogP contribution in [0.3, 0.4) is 0 Å². The van der Waals surface area contributed by atoms with E-state index in [0.29, 0.717) is 19.6 Å². The quantitative estimate of drug-likeness (QED) is 0.881. The van der Waals surface area contributed by atoms with Crippen LogP contribution in [0.4, 0.5) is 0 Å². The Labute approximate surface area is 114 Å². The van der Waals surface area contributed by atoms with Gasteiger partial charge in [-0.1, -0.05) is 13.0 Å². The Kier molecular flexibility index (Phi) is 4.91. The SMILES string of the molecule is CCc1ccc(CC(O)C2(OC)CCOCC2)nc1. The summed E-state index contributed by atoms with van der Waals surface area (Å²) >= 11 is 0. The molecule has 0 spiro atoms. The van der Waals surface area contributed by atoms with Gasteiger partial charge in [0.05, 0.1) is 11.7 Å². The molecule has 1 aromatic heterocycles. The van der Waals surface area contributed by atoms with Crippen LogP contribution in [0.1, 0.15) is 31.0 Å². The first-order valence-electron chi connectivity index (χ1n) is 6.95. The summed E-state index contributed by atoms with van der Waals surface area (Å²) in [5, 5.41) is 10.5. The summed E-state index contributed by atoms with van der Waals surface area (Å²) < 4.78 is 11.0. The molecule has 0 amide bonds. The van der Waals surface area contributed by atoms with E-state index in [-0.39, 0.29) is 0 Å². The van der Waals surface area contributed by atoms with Crippen molar-refractivity contribution in [2.75, 3.05) is 20.3 Å². The molecule has 1 N–H and O–H groups in total. The summed E-state index contributed by atoms with van der Waals surface area (Å²) in [6.07, 6.45) is 4.31. The van der Waals surface area contributed by atoms with Crippen molar-refractivity contribution >= 4 is 0 Å². The Bertz CT molecular complexity index is 385. The molecule has 4 heteroatoms. The van der Waals surface area contributed by atoms with Crippen molar-refractivity contribution in [1.29, 1.82) is 0 Å². The van der Waals surface area contributed by atoms with E-state index in [1.807, 2.05) is 12.3 Å². The van der Waals surface area contributed by atoms with Crippen molar-refractivity contribution in [3.8, 4) is 0 Å². The van der Waals surface area contributed by atoms with Gasteiger partial charge in [0, 0.05) is 51.5 Å². The van der Waals surface area contributed by atoms with Crippen molar-refractivity contribution in [2.24, 2.45) is 0 Å². The van der Waals surface area contributed by atoms with Gasteiger partial charge in [-0.15, -0.1) is 0 Å². The van der Waals surface area contributed by atoms with Gasteiger partial charge < -0.3 is 14.6 Å². The van der Waals surface area contributed by atoms with E-state index in [1.165, 1.54) is 5.56 Å². The molecule has 4 nitrogen and oxygen atoms in total. The van der Waals surface area contributed by atoms with Gasteiger partial charge >= 0.3 is 0 Å². The first kappa shape index (κ1) is 14.4. The first-order valence-corrected chi connectivity index (χ1v) is 6.95. The molecule has 19 heavy (non-hydrogen) atoms. The molecule has 106 valence electrons. The number of pyridine rings is 1. The van der Waals surface area contributed by atoms with Gasteiger partial charge in [0.15, 0.2) is 0 Å². The number of ether oxygens (including phenoxy) is 2. The predicted octanol–water partition coefficient (Wildman–Crippen LogP) is 1.74. The van der Waals surface area contributed by atoms with E-state index in [4.69, 9.17) is 9.47 Å². The highest BCUT2D eigenvalue weighted by Gasteiger charge is 2.39. The molecule has 1 aliphatic heterocycles. The van der Waals surface area contributed by atoms with Crippen molar-refractivity contribution in [1.82, 2.24) is 4.98 Å². The first-order chi connectivity index (χ1) is 9.20. The molecule has 0 radical (unpaired) electrons. The molecule has 0 aliphatic carbocycles. The lowest BCUT2D eigenvalue weighted by Crippen LogP contribution is -2.49. The molecule has 1 saturated heterocycles. The fourth-order valence-corrected chi connectivity index (χ4v) is 2.56. The highest BCUT2D eigenvalue weighted by Crippen LogP contribution is 2.29. The maximum atomic E-state index is 10.5. The number of aliphatic hydroxyl groups is 1. The minimum atomic E-state index is -0.540. The number of hydrogen-bond donors (Lipinski definition) is 1. The largest absolute Gasteiger partial charge is 0.390 e. The number of nitrogens with zero attached hydrogens (tertiary/aromatic N) is 1. The van der Waals surface area contributed by atoms with Crippen molar-refractivity contribution in [2.45, 2.75) is 44.3 Å². The minimum Gasteiger partial charge on any atom is -0.390 e. The van der Waals surface area contributed by atoms with Crippen LogP contribution >= 0.6 is 0 Å². The Morgan fingerprint density at radius 1 is 1.42 bits per heavy atom. The summed E-state index contributed by atoms with van der Waals surface area (Å²) in [4.78, 5) is 4.40. The predicted molar refractivity (Wildman–Crippen MR) is 73.1 cm³/mol. The second kappa shape index (κ2) is 6.46. The Balaban J connectivity index is 2.03. The Morgan fingerprint density at radius 2 is 2.16 bits per heavy atom. The standard InChI is InChI=1S/C15H23NO3/c1-3-12-4-5-13(16-11-12)10-14(17)15(18-2)6-8-19-9-7-15/h4-5,11,14,17H,3,6-10H2,1-2H3. The number of methoxy groups -OCH3 is 1. The van der Waals surface area contributed by atoms with Gasteiger partial charge in [-0.25, -0.2) is 0 Å². The van der Waals surface area contributed by atoms with Crippen molar-refractivity contribution < 1.29 is 14.6 Å². The van der Waals surface area contributed by atoms with Crippen LogP contribution in [0.15, 0.2) is 18.3 Å². The second-order valence-electron chi connectivity index (χ2n) is 5.11. The maximum absolute atomic E-state index is 10.5. The number of aromatic nitrogens is 1. The van der Waals surface area contributed by atoms with Gasteiger partial charge in [0.2, 0.25) is 0 Å². The number of aryl methyl sites for hydroxylation is 1. The summed E-state index contributed by atoms with van der Waals surface area (Å²) in [7, 11) is 1.67. The summed E-state index contributed by atoms with van der Waals surface area (Å²) in [5.41, 5.74) is 1.64. The number of hydrogen-bond acceptors (Lipinski definition) is 4. The molecule has 0 bridgehead atoms. The molecule has 1 unspecified atom stereocenters. The molecule has 2 rings (SSSR count). The topological polar surface area (TPSA) is 51.6 Å². The maximum Gasteiger partial charge on any atom is 0.0983 e. The molecule has 0 saturated carbocycles. The fourth-order valence-electron chi connectivity index (χ4n) is 2.56. The second-order valence-corrected chi connectivity index (χ2v) is 5.11. The van der Waals surface area contributed by atoms with Gasteiger partial charge in [-0.3, -0.25) is 4.98 Å². The molecular formula is C15H23NO3. The van der Waals surface area contributed by atoms with Crippen LogP contribution in [-0.2, 0) is 22.3 Å². The van der Waals surface area contributed by atoms with Crippen LogP contribution in [0, 0.1) is 0 Å². The highest BCUT2D eigenvalue weighted by atomic mass is 16.5. The van der Waals surface area contributed by atoms with E-state index in [0.717, 1.165) is 25.0 Å². The highest BCUT2D eigenvalue weighted by molar-refractivity contribution is 5.15. The minimum absolute atomic E-state index is 0.483. The average Bonchev–Trinajstić information content (AvgIpc) is 2.48. The normalized spacial score (nSPS) is 20.2. The van der Waals surface area contributed by atoms with Crippen LogP contribution in [-0.4, -0.2) is 42.1 Å². The van der Waals surface area contributed by atoms with Gasteiger partial charge in [-0.2, -0.15) is 0 Å². The smallest absolute Gasteiger partial charge is 0.0983 e. The lowest BCUT2D eigenvalue weighted by molar-refractivity contribution is -0.151. The van der Waals surface area contributed by atoms with Gasteiger partial charge in [0.1, 0.15) is 0 Å². The van der Waals surface area contributed by atoms with Crippen molar-refractivity contribution in [3.63, 3.8) is 0 Å². The zero-order valence-electron chi connectivity index (χ0n) is 11.8. The monoisotopic (exact) mass is 265 g/mol. The molecule has 1 fully saturated rings. The van der Waals surface area contributed by atoms with Crippen LogP contribution < -0.4 is 0 Å². The zero-order chi connectivity index (χ0) is 13.7.